The fourth-order valence-corrected chi connectivity index (χ4v) is 6.36. The zero-order valence-electron chi connectivity index (χ0n) is 22.7. The summed E-state index contributed by atoms with van der Waals surface area (Å²) in [6.45, 7) is 0. The van der Waals surface area contributed by atoms with E-state index in [1.165, 1.54) is 128 Å². The fourth-order valence-electron chi connectivity index (χ4n) is 6.36. The third-order valence-corrected chi connectivity index (χ3v) is 8.35. The van der Waals surface area contributed by atoms with E-state index >= 15 is 0 Å². The Kier molecular flexibility index (Phi) is 14.9. The van der Waals surface area contributed by atoms with E-state index in [0.29, 0.717) is 5.75 Å². The Bertz CT molecular complexity index is 573. The molecule has 4 aliphatic rings. The average molecular weight is 501 g/mol. The van der Waals surface area contributed by atoms with E-state index < -0.39 is 7.32 Å². The number of nitrogens with one attached hydrogen (secondary N) is 2. The number of benzene rings is 1. The van der Waals surface area contributed by atoms with Gasteiger partial charge < -0.3 is 25.3 Å². The summed E-state index contributed by atoms with van der Waals surface area (Å²) in [7, 11) is -1.73. The SMILES string of the molecule is C1CCC(NC2CCCCC2)CC1.C1CCC(NC2CCCCC2)CC1.OB(O)Oc1ccccc1. The number of rotatable bonds is 6. The molecule has 1 aromatic rings. The van der Waals surface area contributed by atoms with Crippen molar-refractivity contribution in [3.63, 3.8) is 0 Å². The first-order valence-electron chi connectivity index (χ1n) is 15.3. The summed E-state index contributed by atoms with van der Waals surface area (Å²) in [6, 6.07) is 12.1. The highest BCUT2D eigenvalue weighted by atomic mass is 16.6. The van der Waals surface area contributed by atoms with Gasteiger partial charge in [0.1, 0.15) is 5.75 Å². The predicted octanol–water partition coefficient (Wildman–Crippen LogP) is 6.52. The molecule has 0 saturated heterocycles. The van der Waals surface area contributed by atoms with Gasteiger partial charge in [0, 0.05) is 24.2 Å². The van der Waals surface area contributed by atoms with Crippen LogP contribution in [-0.2, 0) is 0 Å². The van der Waals surface area contributed by atoms with Gasteiger partial charge in [-0.05, 0) is 63.5 Å². The van der Waals surface area contributed by atoms with Crippen LogP contribution < -0.4 is 15.3 Å². The monoisotopic (exact) mass is 500 g/mol. The lowest BCUT2D eigenvalue weighted by atomic mass is 9.91. The van der Waals surface area contributed by atoms with Crippen molar-refractivity contribution in [2.75, 3.05) is 0 Å². The molecule has 204 valence electrons. The van der Waals surface area contributed by atoms with Crippen LogP contribution in [0.1, 0.15) is 128 Å². The molecule has 36 heavy (non-hydrogen) atoms. The highest BCUT2D eigenvalue weighted by Crippen LogP contribution is 2.23. The summed E-state index contributed by atoms with van der Waals surface area (Å²) >= 11 is 0. The summed E-state index contributed by atoms with van der Waals surface area (Å²) in [5.74, 6) is 0.442. The molecule has 4 N–H and O–H groups in total. The zero-order chi connectivity index (χ0) is 25.3. The molecule has 0 spiro atoms. The van der Waals surface area contributed by atoms with E-state index in [1.54, 1.807) is 24.3 Å². The molecule has 0 unspecified atom stereocenters. The van der Waals surface area contributed by atoms with Crippen molar-refractivity contribution in [2.24, 2.45) is 0 Å². The maximum absolute atomic E-state index is 8.34. The van der Waals surface area contributed by atoms with E-state index in [-0.39, 0.29) is 0 Å². The maximum atomic E-state index is 8.34. The Morgan fingerprint density at radius 3 is 1.08 bits per heavy atom. The predicted molar refractivity (Wildman–Crippen MR) is 151 cm³/mol. The fraction of sp³-hybridized carbons (Fsp3) is 0.800. The molecule has 6 heteroatoms. The van der Waals surface area contributed by atoms with Crippen LogP contribution in [0.15, 0.2) is 30.3 Å². The van der Waals surface area contributed by atoms with E-state index in [9.17, 15) is 0 Å². The first-order valence-corrected chi connectivity index (χ1v) is 15.3. The summed E-state index contributed by atoms with van der Waals surface area (Å²) in [4.78, 5) is 0. The van der Waals surface area contributed by atoms with Crippen LogP contribution >= 0.6 is 0 Å². The van der Waals surface area contributed by atoms with Crippen LogP contribution in [0, 0.1) is 0 Å². The lowest BCUT2D eigenvalue weighted by molar-refractivity contribution is 0.288. The van der Waals surface area contributed by atoms with Crippen LogP contribution in [0.25, 0.3) is 0 Å². The molecule has 4 aliphatic carbocycles. The Hall–Kier alpha value is -1.08. The standard InChI is InChI=1S/2C12H23N.C6H7BO3/c2*1-3-7-11(8-4-1)13-12-9-5-2-6-10-12;8-7(9)10-6-4-2-1-3-5-6/h2*11-13H,1-10H2;1-5,8-9H. The Labute approximate surface area is 221 Å². The molecule has 5 rings (SSSR count). The topological polar surface area (TPSA) is 73.8 Å². The normalized spacial score (nSPS) is 22.5. The smallest absolute Gasteiger partial charge is 0.512 e. The highest BCUT2D eigenvalue weighted by Gasteiger charge is 2.20. The van der Waals surface area contributed by atoms with Crippen molar-refractivity contribution < 1.29 is 14.7 Å². The van der Waals surface area contributed by atoms with Crippen LogP contribution in [0.2, 0.25) is 0 Å². The van der Waals surface area contributed by atoms with Gasteiger partial charge in [0.05, 0.1) is 0 Å². The van der Waals surface area contributed by atoms with E-state index in [2.05, 4.69) is 15.3 Å². The minimum absolute atomic E-state index is 0.442. The molecule has 0 amide bonds. The zero-order valence-corrected chi connectivity index (χ0v) is 22.7. The second kappa shape index (κ2) is 18.2. The second-order valence-electron chi connectivity index (χ2n) is 11.4. The van der Waals surface area contributed by atoms with Gasteiger partial charge in [0.25, 0.3) is 0 Å². The van der Waals surface area contributed by atoms with Crippen molar-refractivity contribution in [3.05, 3.63) is 30.3 Å². The number of hydrogen-bond acceptors (Lipinski definition) is 5. The van der Waals surface area contributed by atoms with Crippen LogP contribution in [-0.4, -0.2) is 41.5 Å². The molecule has 0 aliphatic heterocycles. The molecule has 5 nitrogen and oxygen atoms in total. The molecule has 4 saturated carbocycles. The number of para-hydroxylation sites is 1. The van der Waals surface area contributed by atoms with Gasteiger partial charge >= 0.3 is 7.32 Å². The molecule has 0 heterocycles. The Morgan fingerprint density at radius 2 is 0.806 bits per heavy atom. The van der Waals surface area contributed by atoms with E-state index in [1.807, 2.05) is 6.07 Å². The molecule has 1 aromatic carbocycles. The largest absolute Gasteiger partial charge is 0.707 e. The lowest BCUT2D eigenvalue weighted by Gasteiger charge is -2.30. The summed E-state index contributed by atoms with van der Waals surface area (Å²) in [6.07, 6.45) is 29.1. The average Bonchev–Trinajstić information content (AvgIpc) is 2.92. The first-order chi connectivity index (χ1) is 17.7. The van der Waals surface area contributed by atoms with Gasteiger partial charge in [-0.25, -0.2) is 0 Å². The van der Waals surface area contributed by atoms with Gasteiger partial charge in [0.2, 0.25) is 0 Å². The Morgan fingerprint density at radius 1 is 0.500 bits per heavy atom. The third-order valence-electron chi connectivity index (χ3n) is 8.35. The van der Waals surface area contributed by atoms with Crippen molar-refractivity contribution in [3.8, 4) is 5.75 Å². The van der Waals surface area contributed by atoms with Crippen LogP contribution in [0.3, 0.4) is 0 Å². The first kappa shape index (κ1) is 29.5. The molecular formula is C30H53BN2O3. The lowest BCUT2D eigenvalue weighted by Crippen LogP contribution is -2.40. The van der Waals surface area contributed by atoms with Gasteiger partial charge in [0.15, 0.2) is 0 Å². The van der Waals surface area contributed by atoms with Crippen molar-refractivity contribution >= 4 is 7.32 Å². The van der Waals surface area contributed by atoms with E-state index in [4.69, 9.17) is 10.0 Å². The van der Waals surface area contributed by atoms with Crippen molar-refractivity contribution in [2.45, 2.75) is 153 Å². The molecule has 0 aromatic heterocycles. The highest BCUT2D eigenvalue weighted by molar-refractivity contribution is 6.33. The minimum atomic E-state index is -1.73. The second-order valence-corrected chi connectivity index (χ2v) is 11.4. The molecule has 0 atom stereocenters. The summed E-state index contributed by atoms with van der Waals surface area (Å²) < 4.78 is 4.53. The van der Waals surface area contributed by atoms with Gasteiger partial charge in [-0.15, -0.1) is 0 Å². The molecule has 4 fully saturated rings. The minimum Gasteiger partial charge on any atom is -0.512 e. The third kappa shape index (κ3) is 12.9. The maximum Gasteiger partial charge on any atom is 0.707 e. The van der Waals surface area contributed by atoms with Crippen molar-refractivity contribution in [1.82, 2.24) is 10.6 Å². The molecule has 0 bridgehead atoms. The van der Waals surface area contributed by atoms with Crippen LogP contribution in [0.5, 0.6) is 5.75 Å². The number of hydrogen-bond donors (Lipinski definition) is 4. The van der Waals surface area contributed by atoms with Crippen molar-refractivity contribution in [1.29, 1.82) is 0 Å². The summed E-state index contributed by atoms with van der Waals surface area (Å²) in [5.41, 5.74) is 0. The van der Waals surface area contributed by atoms with Crippen LogP contribution in [0.4, 0.5) is 0 Å². The quantitative estimate of drug-likeness (QED) is 0.335. The summed E-state index contributed by atoms with van der Waals surface area (Å²) in [5, 5.41) is 24.4. The van der Waals surface area contributed by atoms with Gasteiger partial charge in [-0.1, -0.05) is 95.2 Å². The van der Waals surface area contributed by atoms with Gasteiger partial charge in [-0.2, -0.15) is 0 Å². The molecule has 0 radical (unpaired) electrons. The van der Waals surface area contributed by atoms with E-state index in [0.717, 1.165) is 24.2 Å². The Balaban J connectivity index is 0.000000152. The molecular weight excluding hydrogens is 447 g/mol. The van der Waals surface area contributed by atoms with Gasteiger partial charge in [-0.3, -0.25) is 0 Å².